The molecule has 1 aliphatic heterocycles. The van der Waals surface area contributed by atoms with Gasteiger partial charge in [0.15, 0.2) is 0 Å². The van der Waals surface area contributed by atoms with Crippen molar-refractivity contribution in [2.75, 3.05) is 24.6 Å². The molecule has 2 aliphatic rings. The minimum Gasteiger partial charge on any atom is -0.490 e. The lowest BCUT2D eigenvalue weighted by Gasteiger charge is -2.41. The van der Waals surface area contributed by atoms with Gasteiger partial charge in [-0.05, 0) is 79.5 Å². The Bertz CT molecular complexity index is 1120. The molecule has 0 aromatic heterocycles. The molecule has 2 N–H and O–H groups in total. The van der Waals surface area contributed by atoms with Gasteiger partial charge in [0.1, 0.15) is 5.75 Å². The molecule has 2 atom stereocenters. The highest BCUT2D eigenvalue weighted by molar-refractivity contribution is 6.30. The molecule has 35 heavy (non-hydrogen) atoms. The smallest absolute Gasteiger partial charge is 0.311 e. The monoisotopic (exact) mass is 497 g/mol. The summed E-state index contributed by atoms with van der Waals surface area (Å²) in [6.45, 7) is 5.87. The van der Waals surface area contributed by atoms with E-state index in [1.54, 1.807) is 12.1 Å². The third-order valence-corrected chi connectivity index (χ3v) is 7.46. The number of carboxylic acids is 2. The number of anilines is 1. The maximum atomic E-state index is 11.9. The van der Waals surface area contributed by atoms with Crippen LogP contribution in [0.3, 0.4) is 0 Å². The molecule has 7 heteroatoms. The van der Waals surface area contributed by atoms with Crippen LogP contribution in [0.5, 0.6) is 5.75 Å². The third-order valence-electron chi connectivity index (χ3n) is 7.23. The number of benzene rings is 2. The van der Waals surface area contributed by atoms with Gasteiger partial charge in [-0.1, -0.05) is 29.8 Å². The Labute approximate surface area is 211 Å². The first-order valence-corrected chi connectivity index (χ1v) is 12.6. The van der Waals surface area contributed by atoms with Crippen molar-refractivity contribution in [3.63, 3.8) is 0 Å². The second-order valence-electron chi connectivity index (χ2n) is 9.65. The first-order valence-electron chi connectivity index (χ1n) is 12.2. The molecule has 0 radical (unpaired) electrons. The lowest BCUT2D eigenvalue weighted by Crippen LogP contribution is -2.46. The third kappa shape index (κ3) is 5.48. The van der Waals surface area contributed by atoms with Crippen LogP contribution in [0.25, 0.3) is 0 Å². The number of nitrogens with zero attached hydrogens (tertiary/aromatic N) is 1. The Balaban J connectivity index is 1.73. The minimum absolute atomic E-state index is 0.205. The van der Waals surface area contributed by atoms with Gasteiger partial charge in [0.25, 0.3) is 0 Å². The van der Waals surface area contributed by atoms with Gasteiger partial charge in [0, 0.05) is 23.5 Å². The van der Waals surface area contributed by atoms with Crippen molar-refractivity contribution in [3.05, 3.63) is 70.8 Å². The van der Waals surface area contributed by atoms with Crippen LogP contribution in [0.1, 0.15) is 61.1 Å². The first-order chi connectivity index (χ1) is 16.8. The summed E-state index contributed by atoms with van der Waals surface area (Å²) in [5.74, 6) is -2.69. The summed E-state index contributed by atoms with van der Waals surface area (Å²) >= 11 is 6.31. The van der Waals surface area contributed by atoms with Crippen molar-refractivity contribution in [3.8, 4) is 5.75 Å². The van der Waals surface area contributed by atoms with Crippen molar-refractivity contribution in [1.29, 1.82) is 0 Å². The van der Waals surface area contributed by atoms with Gasteiger partial charge in [-0.2, -0.15) is 0 Å². The number of aryl methyl sites for hydroxylation is 1. The molecule has 6 nitrogen and oxygen atoms in total. The zero-order chi connectivity index (χ0) is 25.0. The van der Waals surface area contributed by atoms with E-state index in [9.17, 15) is 19.8 Å². The Morgan fingerprint density at radius 1 is 1.20 bits per heavy atom. The van der Waals surface area contributed by atoms with Gasteiger partial charge < -0.3 is 19.8 Å². The van der Waals surface area contributed by atoms with Crippen molar-refractivity contribution in [2.24, 2.45) is 0 Å². The van der Waals surface area contributed by atoms with Gasteiger partial charge >= 0.3 is 11.9 Å². The Morgan fingerprint density at radius 2 is 2.03 bits per heavy atom. The van der Waals surface area contributed by atoms with Gasteiger partial charge in [-0.3, -0.25) is 9.59 Å². The number of hydrogen-bond donors (Lipinski definition) is 2. The molecule has 1 heterocycles. The number of ether oxygens (including phenoxy) is 1. The fraction of sp³-hybridized carbons (Fsp3) is 0.429. The number of carbonyl (C=O) groups is 2. The molecule has 4 rings (SSSR count). The molecule has 0 unspecified atom stereocenters. The number of aliphatic carboxylic acids is 2. The molecule has 0 saturated carbocycles. The number of allylic oxidation sites excluding steroid dienone is 1. The van der Waals surface area contributed by atoms with Crippen molar-refractivity contribution < 1.29 is 24.5 Å². The van der Waals surface area contributed by atoms with Crippen molar-refractivity contribution in [1.82, 2.24) is 0 Å². The molecule has 1 aliphatic carbocycles. The second-order valence-corrected chi connectivity index (χ2v) is 10.1. The highest BCUT2D eigenvalue weighted by Crippen LogP contribution is 2.45. The van der Waals surface area contributed by atoms with E-state index in [-0.39, 0.29) is 5.41 Å². The summed E-state index contributed by atoms with van der Waals surface area (Å²) in [6, 6.07) is 11.4. The first kappa shape index (κ1) is 25.1. The summed E-state index contributed by atoms with van der Waals surface area (Å²) in [5.41, 5.74) is 3.63. The number of fused-ring (bicyclic) bond motifs is 3. The van der Waals surface area contributed by atoms with Crippen molar-refractivity contribution >= 4 is 29.2 Å². The van der Waals surface area contributed by atoms with E-state index in [0.29, 0.717) is 17.9 Å². The van der Waals surface area contributed by atoms with Crippen LogP contribution >= 0.6 is 11.6 Å². The average molecular weight is 498 g/mol. The summed E-state index contributed by atoms with van der Waals surface area (Å²) < 4.78 is 6.41. The molecule has 0 amide bonds. The zero-order valence-electron chi connectivity index (χ0n) is 19.8. The molecule has 0 saturated heterocycles. The van der Waals surface area contributed by atoms with E-state index in [1.165, 1.54) is 11.1 Å². The minimum atomic E-state index is -1.14. The van der Waals surface area contributed by atoms with E-state index in [0.717, 1.165) is 62.3 Å². The molecular formula is C28H32ClNO5. The van der Waals surface area contributed by atoms with Crippen LogP contribution in [0, 0.1) is 0 Å². The summed E-state index contributed by atoms with van der Waals surface area (Å²) in [7, 11) is 0. The summed E-state index contributed by atoms with van der Waals surface area (Å²) in [6.07, 6.45) is 7.37. The highest BCUT2D eigenvalue weighted by atomic mass is 35.5. The molecule has 2 aromatic carbocycles. The Hall–Kier alpha value is -2.99. The van der Waals surface area contributed by atoms with Crippen LogP contribution in [-0.2, 0) is 21.4 Å². The fourth-order valence-corrected chi connectivity index (χ4v) is 5.69. The van der Waals surface area contributed by atoms with Crippen LogP contribution in [0.2, 0.25) is 5.02 Å². The van der Waals surface area contributed by atoms with Crippen LogP contribution in [0.15, 0.2) is 49.1 Å². The van der Waals surface area contributed by atoms with Crippen LogP contribution < -0.4 is 9.64 Å². The van der Waals surface area contributed by atoms with Gasteiger partial charge in [-0.15, -0.1) is 6.58 Å². The predicted molar refractivity (Wildman–Crippen MR) is 137 cm³/mol. The molecule has 186 valence electrons. The number of rotatable bonds is 9. The quantitative estimate of drug-likeness (QED) is 0.335. The van der Waals surface area contributed by atoms with E-state index in [1.807, 2.05) is 18.2 Å². The summed E-state index contributed by atoms with van der Waals surface area (Å²) in [4.78, 5) is 25.5. The van der Waals surface area contributed by atoms with Crippen molar-refractivity contribution in [2.45, 2.75) is 56.3 Å². The molecule has 2 aromatic rings. The second kappa shape index (κ2) is 10.7. The number of carboxylic acid groups (broad SMARTS) is 2. The molecule has 0 bridgehead atoms. The largest absolute Gasteiger partial charge is 0.490 e. The lowest BCUT2D eigenvalue weighted by atomic mass is 9.70. The van der Waals surface area contributed by atoms with E-state index in [4.69, 9.17) is 16.3 Å². The zero-order valence-corrected chi connectivity index (χ0v) is 20.6. The maximum Gasteiger partial charge on any atom is 0.311 e. The Kier molecular flexibility index (Phi) is 7.70. The molecule has 0 fully saturated rings. The highest BCUT2D eigenvalue weighted by Gasteiger charge is 2.41. The topological polar surface area (TPSA) is 87.1 Å². The Morgan fingerprint density at radius 3 is 2.77 bits per heavy atom. The average Bonchev–Trinajstić information content (AvgIpc) is 2.97. The number of hydrogen-bond acceptors (Lipinski definition) is 4. The number of halogens is 1. The summed E-state index contributed by atoms with van der Waals surface area (Å²) in [5, 5.41) is 19.7. The SMILES string of the molecule is C=CCCCCN1C[C@@]2(CCCc3cc(Cl)ccc32)COc2ccc([C@@H](CC(=O)O)C(=O)O)cc21. The van der Waals surface area contributed by atoms with E-state index >= 15 is 0 Å². The van der Waals surface area contributed by atoms with E-state index < -0.39 is 24.3 Å². The fourth-order valence-electron chi connectivity index (χ4n) is 5.50. The van der Waals surface area contributed by atoms with Crippen LogP contribution in [-0.4, -0.2) is 41.8 Å². The molecule has 1 spiro atoms. The normalized spacial score (nSPS) is 19.7. The molecular weight excluding hydrogens is 466 g/mol. The maximum absolute atomic E-state index is 11.9. The van der Waals surface area contributed by atoms with Gasteiger partial charge in [-0.25, -0.2) is 0 Å². The lowest BCUT2D eigenvalue weighted by molar-refractivity contribution is -0.145. The number of unbranched alkanes of at least 4 members (excludes halogenated alkanes) is 2. The predicted octanol–water partition coefficient (Wildman–Crippen LogP) is 5.81. The van der Waals surface area contributed by atoms with E-state index in [2.05, 4.69) is 23.6 Å². The van der Waals surface area contributed by atoms with Crippen LogP contribution in [0.4, 0.5) is 5.69 Å². The standard InChI is InChI=1S/C28H32ClNO5/c1-2-3-4-5-13-30-17-28(12-6-7-20-14-21(29)9-10-23(20)28)18-35-25-11-8-19(15-24(25)30)22(27(33)34)16-26(31)32/h2,8-11,14-15,22H,1,3-7,12-13,16-18H2,(H,31,32)(H,33,34)/t22-,28+/m1/s1. The van der Waals surface area contributed by atoms with Gasteiger partial charge in [0.2, 0.25) is 0 Å². The van der Waals surface area contributed by atoms with Gasteiger partial charge in [0.05, 0.1) is 24.6 Å².